The van der Waals surface area contributed by atoms with Gasteiger partial charge in [0.05, 0.1) is 5.56 Å². The SMILES string of the molecule is CN1CCC(CN(C)c2snc(N)c2-c2ccccc2)C1. The second kappa shape index (κ2) is 6.03. The number of hydrogen-bond donors (Lipinski definition) is 1. The Morgan fingerprint density at radius 2 is 2.14 bits per heavy atom. The molecule has 0 aliphatic carbocycles. The van der Waals surface area contributed by atoms with Crippen LogP contribution in [-0.4, -0.2) is 43.0 Å². The predicted molar refractivity (Wildman–Crippen MR) is 90.8 cm³/mol. The summed E-state index contributed by atoms with van der Waals surface area (Å²) in [5.74, 6) is 1.36. The fourth-order valence-corrected chi connectivity index (χ4v) is 3.88. The Morgan fingerprint density at radius 3 is 2.81 bits per heavy atom. The first-order valence-corrected chi connectivity index (χ1v) is 8.12. The number of benzene rings is 1. The summed E-state index contributed by atoms with van der Waals surface area (Å²) >= 11 is 1.50. The van der Waals surface area contributed by atoms with Crippen molar-refractivity contribution in [3.05, 3.63) is 30.3 Å². The Hall–Kier alpha value is -1.59. The maximum atomic E-state index is 6.11. The van der Waals surface area contributed by atoms with Gasteiger partial charge < -0.3 is 15.5 Å². The molecular weight excluding hydrogens is 280 g/mol. The van der Waals surface area contributed by atoms with Crippen molar-refractivity contribution >= 4 is 22.4 Å². The molecule has 3 rings (SSSR count). The van der Waals surface area contributed by atoms with Gasteiger partial charge in [-0.1, -0.05) is 30.3 Å². The lowest BCUT2D eigenvalue weighted by Gasteiger charge is -2.22. The molecule has 2 aromatic rings. The summed E-state index contributed by atoms with van der Waals surface area (Å²) in [4.78, 5) is 4.72. The van der Waals surface area contributed by atoms with Crippen LogP contribution in [0.4, 0.5) is 10.8 Å². The monoisotopic (exact) mass is 302 g/mol. The first-order chi connectivity index (χ1) is 10.1. The molecule has 1 aromatic carbocycles. The lowest BCUT2D eigenvalue weighted by Crippen LogP contribution is -2.26. The molecule has 4 nitrogen and oxygen atoms in total. The van der Waals surface area contributed by atoms with Gasteiger partial charge >= 0.3 is 0 Å². The van der Waals surface area contributed by atoms with Crippen LogP contribution in [0.3, 0.4) is 0 Å². The van der Waals surface area contributed by atoms with Crippen molar-refractivity contribution in [1.82, 2.24) is 9.27 Å². The van der Waals surface area contributed by atoms with E-state index in [-0.39, 0.29) is 0 Å². The third-order valence-corrected chi connectivity index (χ3v) is 5.11. The van der Waals surface area contributed by atoms with Gasteiger partial charge in [0.1, 0.15) is 10.8 Å². The van der Waals surface area contributed by atoms with E-state index in [1.54, 1.807) is 0 Å². The highest BCUT2D eigenvalue weighted by Crippen LogP contribution is 2.39. The van der Waals surface area contributed by atoms with E-state index in [0.29, 0.717) is 5.82 Å². The molecule has 1 saturated heterocycles. The summed E-state index contributed by atoms with van der Waals surface area (Å²) in [7, 11) is 4.35. The van der Waals surface area contributed by atoms with Crippen LogP contribution in [0.1, 0.15) is 6.42 Å². The zero-order valence-electron chi connectivity index (χ0n) is 12.6. The second-order valence-corrected chi connectivity index (χ2v) is 6.66. The van der Waals surface area contributed by atoms with Crippen LogP contribution in [0.15, 0.2) is 30.3 Å². The van der Waals surface area contributed by atoms with Gasteiger partial charge in [-0.25, -0.2) is 0 Å². The van der Waals surface area contributed by atoms with Crippen molar-refractivity contribution in [3.63, 3.8) is 0 Å². The molecule has 1 atom stereocenters. The minimum Gasteiger partial charge on any atom is -0.382 e. The topological polar surface area (TPSA) is 45.4 Å². The van der Waals surface area contributed by atoms with E-state index in [0.717, 1.165) is 23.6 Å². The smallest absolute Gasteiger partial charge is 0.147 e. The molecule has 1 unspecified atom stereocenters. The molecule has 2 heterocycles. The number of anilines is 2. The summed E-state index contributed by atoms with van der Waals surface area (Å²) in [6.07, 6.45) is 1.27. The van der Waals surface area contributed by atoms with E-state index in [2.05, 4.69) is 40.4 Å². The number of nitrogens with zero attached hydrogens (tertiary/aromatic N) is 3. The Bertz CT molecular complexity index is 596. The summed E-state index contributed by atoms with van der Waals surface area (Å²) in [5.41, 5.74) is 8.33. The van der Waals surface area contributed by atoms with E-state index in [4.69, 9.17) is 5.73 Å². The van der Waals surface area contributed by atoms with Gasteiger partial charge in [0.2, 0.25) is 0 Å². The average molecular weight is 302 g/mol. The number of rotatable bonds is 4. The van der Waals surface area contributed by atoms with E-state index >= 15 is 0 Å². The number of likely N-dealkylation sites (tertiary alicyclic amines) is 1. The van der Waals surface area contributed by atoms with Crippen LogP contribution in [0.2, 0.25) is 0 Å². The fraction of sp³-hybridized carbons (Fsp3) is 0.438. The van der Waals surface area contributed by atoms with Crippen LogP contribution in [0.25, 0.3) is 11.1 Å². The molecule has 5 heteroatoms. The molecule has 1 fully saturated rings. The minimum absolute atomic E-state index is 0.636. The molecule has 1 aromatic heterocycles. The van der Waals surface area contributed by atoms with Crippen molar-refractivity contribution in [1.29, 1.82) is 0 Å². The van der Waals surface area contributed by atoms with Gasteiger partial charge in [-0.05, 0) is 43.0 Å². The number of nitrogen functional groups attached to an aromatic ring is 1. The molecule has 21 heavy (non-hydrogen) atoms. The number of aromatic nitrogens is 1. The quantitative estimate of drug-likeness (QED) is 0.943. The van der Waals surface area contributed by atoms with Gasteiger partial charge in [0, 0.05) is 20.1 Å². The number of nitrogens with two attached hydrogens (primary N) is 1. The maximum Gasteiger partial charge on any atom is 0.147 e. The summed E-state index contributed by atoms with van der Waals surface area (Å²) in [5, 5.41) is 1.17. The predicted octanol–water partition coefficient (Wildman–Crippen LogP) is 2.78. The Kier molecular flexibility index (Phi) is 4.12. The van der Waals surface area contributed by atoms with Crippen LogP contribution in [-0.2, 0) is 0 Å². The average Bonchev–Trinajstić information content (AvgIpc) is 3.06. The van der Waals surface area contributed by atoms with Crippen molar-refractivity contribution in [3.8, 4) is 11.1 Å². The minimum atomic E-state index is 0.636. The summed E-state index contributed by atoms with van der Waals surface area (Å²) < 4.78 is 4.37. The van der Waals surface area contributed by atoms with Gasteiger partial charge in [0.15, 0.2) is 0 Å². The van der Waals surface area contributed by atoms with Crippen LogP contribution >= 0.6 is 11.5 Å². The van der Waals surface area contributed by atoms with Gasteiger partial charge in [0.25, 0.3) is 0 Å². The lowest BCUT2D eigenvalue weighted by molar-refractivity contribution is 0.396. The molecule has 0 saturated carbocycles. The van der Waals surface area contributed by atoms with Gasteiger partial charge in [-0.2, -0.15) is 4.37 Å². The molecule has 0 spiro atoms. The highest BCUT2D eigenvalue weighted by molar-refractivity contribution is 7.11. The molecule has 0 bridgehead atoms. The van der Waals surface area contributed by atoms with E-state index in [9.17, 15) is 0 Å². The van der Waals surface area contributed by atoms with Crippen LogP contribution < -0.4 is 10.6 Å². The standard InChI is InChI=1S/C16H22N4S/c1-19-9-8-12(10-19)11-20(2)16-14(15(17)18-21-16)13-6-4-3-5-7-13/h3-7,12H,8-11H2,1-2H3,(H2,17,18). The van der Waals surface area contributed by atoms with Crippen LogP contribution in [0, 0.1) is 5.92 Å². The molecule has 0 radical (unpaired) electrons. The zero-order valence-corrected chi connectivity index (χ0v) is 13.4. The van der Waals surface area contributed by atoms with Crippen molar-refractivity contribution < 1.29 is 0 Å². The molecule has 0 amide bonds. The largest absolute Gasteiger partial charge is 0.382 e. The van der Waals surface area contributed by atoms with E-state index in [1.165, 1.54) is 36.0 Å². The van der Waals surface area contributed by atoms with Crippen molar-refractivity contribution in [2.24, 2.45) is 5.92 Å². The highest BCUT2D eigenvalue weighted by Gasteiger charge is 2.23. The van der Waals surface area contributed by atoms with E-state index < -0.39 is 0 Å². The lowest BCUT2D eigenvalue weighted by atomic mass is 10.1. The highest BCUT2D eigenvalue weighted by atomic mass is 32.1. The van der Waals surface area contributed by atoms with Crippen LogP contribution in [0.5, 0.6) is 0 Å². The summed E-state index contributed by atoms with van der Waals surface area (Å²) in [6.45, 7) is 3.44. The third-order valence-electron chi connectivity index (χ3n) is 4.13. The zero-order chi connectivity index (χ0) is 14.8. The fourth-order valence-electron chi connectivity index (χ4n) is 3.08. The maximum absolute atomic E-state index is 6.11. The van der Waals surface area contributed by atoms with Gasteiger partial charge in [-0.3, -0.25) is 0 Å². The molecule has 112 valence electrons. The molecule has 1 aliphatic rings. The number of hydrogen-bond acceptors (Lipinski definition) is 5. The molecule has 1 aliphatic heterocycles. The first kappa shape index (κ1) is 14.4. The second-order valence-electron chi connectivity index (χ2n) is 5.91. The Balaban J connectivity index is 1.82. The summed E-state index contributed by atoms with van der Waals surface area (Å²) in [6, 6.07) is 10.3. The van der Waals surface area contributed by atoms with Crippen molar-refractivity contribution in [2.45, 2.75) is 6.42 Å². The Labute approximate surface area is 130 Å². The van der Waals surface area contributed by atoms with Gasteiger partial charge in [-0.15, -0.1) is 0 Å². The normalized spacial score (nSPS) is 19.0. The Morgan fingerprint density at radius 1 is 1.38 bits per heavy atom. The van der Waals surface area contributed by atoms with Crippen molar-refractivity contribution in [2.75, 3.05) is 44.4 Å². The molecular formula is C16H22N4S. The van der Waals surface area contributed by atoms with E-state index in [1.807, 2.05) is 18.2 Å². The first-order valence-electron chi connectivity index (χ1n) is 7.35. The third kappa shape index (κ3) is 3.04. The molecule has 2 N–H and O–H groups in total.